The number of aromatic nitrogens is 3. The van der Waals surface area contributed by atoms with E-state index in [9.17, 15) is 4.79 Å². The Morgan fingerprint density at radius 2 is 1.74 bits per heavy atom. The van der Waals surface area contributed by atoms with Crippen LogP contribution < -0.4 is 10.2 Å². The van der Waals surface area contributed by atoms with Gasteiger partial charge in [0.15, 0.2) is 11.0 Å². The lowest BCUT2D eigenvalue weighted by atomic mass is 10.1. The lowest BCUT2D eigenvalue weighted by Gasteiger charge is -2.10. The highest BCUT2D eigenvalue weighted by atomic mass is 35.5. The van der Waals surface area contributed by atoms with E-state index in [2.05, 4.69) is 20.7 Å². The van der Waals surface area contributed by atoms with E-state index in [-0.39, 0.29) is 11.7 Å². The summed E-state index contributed by atoms with van der Waals surface area (Å²) in [5, 5.41) is 14.2. The fraction of sp³-hybridized carbons (Fsp3) is 0.120. The number of nitrogens with one attached hydrogen (secondary N) is 1. The molecule has 4 rings (SSSR count). The topological polar surface area (TPSA) is 81.4 Å². The number of ether oxygens (including phenoxy) is 1. The van der Waals surface area contributed by atoms with Crippen molar-refractivity contribution in [3.8, 4) is 22.8 Å². The fourth-order valence-electron chi connectivity index (χ4n) is 3.17. The summed E-state index contributed by atoms with van der Waals surface area (Å²) >= 11 is 7.36. The van der Waals surface area contributed by atoms with E-state index in [0.717, 1.165) is 22.6 Å². The molecule has 9 heteroatoms. The highest BCUT2D eigenvalue weighted by Crippen LogP contribution is 2.28. The Morgan fingerprint density at radius 1 is 1.03 bits per heavy atom. The van der Waals surface area contributed by atoms with Gasteiger partial charge in [-0.15, -0.1) is 10.2 Å². The van der Waals surface area contributed by atoms with Gasteiger partial charge in [0.05, 0.1) is 18.6 Å². The Morgan fingerprint density at radius 3 is 2.41 bits per heavy atom. The lowest BCUT2D eigenvalue weighted by molar-refractivity contribution is -0.118. The van der Waals surface area contributed by atoms with Crippen LogP contribution in [0.1, 0.15) is 12.5 Å². The predicted octanol–water partition coefficient (Wildman–Crippen LogP) is 5.23. The largest absolute Gasteiger partial charge is 0.497 e. The van der Waals surface area contributed by atoms with Gasteiger partial charge in [-0.1, -0.05) is 53.7 Å². The minimum absolute atomic E-state index is 0.125. The molecule has 0 atom stereocenters. The number of carbonyl (C=O) groups excluding carboxylic acids is 1. The van der Waals surface area contributed by atoms with Crippen molar-refractivity contribution < 1.29 is 9.53 Å². The van der Waals surface area contributed by atoms with E-state index in [1.54, 1.807) is 7.11 Å². The van der Waals surface area contributed by atoms with E-state index >= 15 is 0 Å². The molecule has 0 bridgehead atoms. The molecule has 1 N–H and O–H groups in total. The third-order valence-electron chi connectivity index (χ3n) is 4.94. The summed E-state index contributed by atoms with van der Waals surface area (Å²) in [4.78, 5) is 12.5. The fourth-order valence-corrected chi connectivity index (χ4v) is 4.04. The Kier molecular flexibility index (Phi) is 7.61. The quantitative estimate of drug-likeness (QED) is 0.207. The van der Waals surface area contributed by atoms with Crippen molar-refractivity contribution in [2.45, 2.75) is 12.1 Å². The minimum atomic E-state index is -0.246. The molecule has 0 fully saturated rings. The number of thioether (sulfide) groups is 1. The second-order valence-electron chi connectivity index (χ2n) is 7.23. The zero-order valence-electron chi connectivity index (χ0n) is 18.6. The van der Waals surface area contributed by atoms with Gasteiger partial charge in [-0.3, -0.25) is 9.36 Å². The van der Waals surface area contributed by atoms with Gasteiger partial charge in [-0.2, -0.15) is 5.10 Å². The van der Waals surface area contributed by atoms with Gasteiger partial charge in [-0.05, 0) is 61.0 Å². The summed E-state index contributed by atoms with van der Waals surface area (Å²) in [7, 11) is 1.62. The molecule has 3 aromatic carbocycles. The van der Waals surface area contributed by atoms with E-state index in [1.165, 1.54) is 11.8 Å². The standard InChI is InChI=1S/C25H22ClN5O2S/c1-17(18-8-14-22(33-2)15-9-18)27-28-23(32)16-34-25-30-29-24(19-6-4-3-5-7-19)31(25)21-12-10-20(26)11-13-21/h3-15H,16H2,1-2H3,(H,28,32)/b27-17+. The summed E-state index contributed by atoms with van der Waals surface area (Å²) in [5.74, 6) is 1.32. The van der Waals surface area contributed by atoms with Crippen molar-refractivity contribution in [2.24, 2.45) is 5.10 Å². The van der Waals surface area contributed by atoms with Crippen molar-refractivity contribution in [1.29, 1.82) is 0 Å². The Hall–Kier alpha value is -3.62. The van der Waals surface area contributed by atoms with Crippen LogP contribution in [-0.2, 0) is 4.79 Å². The molecule has 0 unspecified atom stereocenters. The van der Waals surface area contributed by atoms with Crippen LogP contribution in [0.25, 0.3) is 17.1 Å². The Labute approximate surface area is 206 Å². The predicted molar refractivity (Wildman–Crippen MR) is 136 cm³/mol. The number of benzene rings is 3. The molecule has 1 amide bonds. The smallest absolute Gasteiger partial charge is 0.250 e. The average Bonchev–Trinajstić information content (AvgIpc) is 3.31. The molecule has 7 nitrogen and oxygen atoms in total. The minimum Gasteiger partial charge on any atom is -0.497 e. The molecular formula is C25H22ClN5O2S. The molecule has 0 aliphatic rings. The normalized spacial score (nSPS) is 11.3. The monoisotopic (exact) mass is 491 g/mol. The number of methoxy groups -OCH3 is 1. The second kappa shape index (κ2) is 11.0. The van der Waals surface area contributed by atoms with Crippen LogP contribution in [-0.4, -0.2) is 39.2 Å². The van der Waals surface area contributed by atoms with E-state index in [4.69, 9.17) is 16.3 Å². The molecule has 0 aliphatic carbocycles. The third kappa shape index (κ3) is 5.65. The maximum atomic E-state index is 12.5. The zero-order valence-corrected chi connectivity index (χ0v) is 20.2. The van der Waals surface area contributed by atoms with E-state index < -0.39 is 0 Å². The highest BCUT2D eigenvalue weighted by molar-refractivity contribution is 7.99. The molecular weight excluding hydrogens is 470 g/mol. The number of hydrazone groups is 1. The first-order valence-corrected chi connectivity index (χ1v) is 11.8. The van der Waals surface area contributed by atoms with Crippen LogP contribution in [0.5, 0.6) is 5.75 Å². The number of amides is 1. The second-order valence-corrected chi connectivity index (χ2v) is 8.61. The molecule has 1 aromatic heterocycles. The van der Waals surface area contributed by atoms with Crippen LogP contribution in [0.3, 0.4) is 0 Å². The van der Waals surface area contributed by atoms with E-state index in [0.29, 0.717) is 21.7 Å². The number of rotatable bonds is 8. The molecule has 0 aliphatic heterocycles. The first-order chi connectivity index (χ1) is 16.5. The number of hydrogen-bond donors (Lipinski definition) is 1. The molecule has 172 valence electrons. The van der Waals surface area contributed by atoms with Gasteiger partial charge in [0, 0.05) is 16.3 Å². The highest BCUT2D eigenvalue weighted by Gasteiger charge is 2.17. The summed E-state index contributed by atoms with van der Waals surface area (Å²) in [6, 6.07) is 24.6. The summed E-state index contributed by atoms with van der Waals surface area (Å²) in [6.07, 6.45) is 0. The maximum Gasteiger partial charge on any atom is 0.250 e. The van der Waals surface area contributed by atoms with Gasteiger partial charge in [0.25, 0.3) is 5.91 Å². The summed E-state index contributed by atoms with van der Waals surface area (Å²) < 4.78 is 7.08. The van der Waals surface area contributed by atoms with Crippen molar-refractivity contribution >= 4 is 35.0 Å². The van der Waals surface area contributed by atoms with Crippen LogP contribution in [0.15, 0.2) is 89.1 Å². The molecule has 4 aromatic rings. The van der Waals surface area contributed by atoms with Crippen LogP contribution in [0.4, 0.5) is 0 Å². The Balaban J connectivity index is 1.49. The van der Waals surface area contributed by atoms with Crippen LogP contribution in [0.2, 0.25) is 5.02 Å². The molecule has 0 saturated carbocycles. The molecule has 0 spiro atoms. The molecule has 0 saturated heterocycles. The van der Waals surface area contributed by atoms with Crippen molar-refractivity contribution in [3.05, 3.63) is 89.4 Å². The molecule has 1 heterocycles. The van der Waals surface area contributed by atoms with Gasteiger partial charge in [-0.25, -0.2) is 5.43 Å². The van der Waals surface area contributed by atoms with Crippen LogP contribution in [0, 0.1) is 0 Å². The maximum absolute atomic E-state index is 12.5. The van der Waals surface area contributed by atoms with E-state index in [1.807, 2.05) is 90.4 Å². The Bertz CT molecular complexity index is 1290. The number of hydrogen-bond acceptors (Lipinski definition) is 6. The van der Waals surface area contributed by atoms with Crippen molar-refractivity contribution in [3.63, 3.8) is 0 Å². The first-order valence-electron chi connectivity index (χ1n) is 10.4. The molecule has 0 radical (unpaired) electrons. The van der Waals surface area contributed by atoms with Gasteiger partial charge < -0.3 is 4.74 Å². The van der Waals surface area contributed by atoms with Gasteiger partial charge in [0.2, 0.25) is 0 Å². The van der Waals surface area contributed by atoms with Gasteiger partial charge >= 0.3 is 0 Å². The lowest BCUT2D eigenvalue weighted by Crippen LogP contribution is -2.21. The van der Waals surface area contributed by atoms with Crippen molar-refractivity contribution in [2.75, 3.05) is 12.9 Å². The summed E-state index contributed by atoms with van der Waals surface area (Å²) in [5.41, 5.74) is 5.96. The number of halogens is 1. The summed E-state index contributed by atoms with van der Waals surface area (Å²) in [6.45, 7) is 1.83. The zero-order chi connectivity index (χ0) is 23.9. The number of carbonyl (C=O) groups is 1. The van der Waals surface area contributed by atoms with Crippen LogP contribution >= 0.6 is 23.4 Å². The first kappa shape index (κ1) is 23.5. The van der Waals surface area contributed by atoms with Gasteiger partial charge in [0.1, 0.15) is 5.75 Å². The average molecular weight is 492 g/mol. The molecule has 34 heavy (non-hydrogen) atoms. The SMILES string of the molecule is COc1ccc(/C(C)=N/NC(=O)CSc2nnc(-c3ccccc3)n2-c2ccc(Cl)cc2)cc1. The number of nitrogens with zero attached hydrogens (tertiary/aromatic N) is 4. The van der Waals surface area contributed by atoms with Crippen molar-refractivity contribution in [1.82, 2.24) is 20.2 Å². The third-order valence-corrected chi connectivity index (χ3v) is 6.12.